The number of hydrogen-bond donors (Lipinski definition) is 2. The molecule has 0 fully saturated rings. The number of pyridine rings is 1. The lowest BCUT2D eigenvalue weighted by atomic mass is 10.0. The zero-order valence-electron chi connectivity index (χ0n) is 10.6. The van der Waals surface area contributed by atoms with E-state index in [-0.39, 0.29) is 11.8 Å². The van der Waals surface area contributed by atoms with Gasteiger partial charge in [0, 0.05) is 25.5 Å². The van der Waals surface area contributed by atoms with Crippen molar-refractivity contribution >= 4 is 5.91 Å². The van der Waals surface area contributed by atoms with E-state index in [1.54, 1.807) is 12.4 Å². The van der Waals surface area contributed by atoms with E-state index in [2.05, 4.69) is 17.2 Å². The summed E-state index contributed by atoms with van der Waals surface area (Å²) in [5.41, 5.74) is 7.78. The summed E-state index contributed by atoms with van der Waals surface area (Å²) in [6, 6.07) is 1.92. The van der Waals surface area contributed by atoms with Crippen molar-refractivity contribution in [2.24, 2.45) is 11.7 Å². The Balaban J connectivity index is 2.50. The fraction of sp³-hybridized carbons (Fsp3) is 0.538. The molecular weight excluding hydrogens is 214 g/mol. The molecule has 0 bridgehead atoms. The molecule has 17 heavy (non-hydrogen) atoms. The van der Waals surface area contributed by atoms with Crippen LogP contribution in [0.3, 0.4) is 0 Å². The van der Waals surface area contributed by atoms with Gasteiger partial charge in [0.15, 0.2) is 0 Å². The summed E-state index contributed by atoms with van der Waals surface area (Å²) in [7, 11) is 0. The van der Waals surface area contributed by atoms with Gasteiger partial charge < -0.3 is 11.1 Å². The van der Waals surface area contributed by atoms with Crippen LogP contribution in [0.2, 0.25) is 0 Å². The fourth-order valence-corrected chi connectivity index (χ4v) is 1.73. The van der Waals surface area contributed by atoms with Crippen LogP contribution in [0.15, 0.2) is 18.5 Å². The van der Waals surface area contributed by atoms with Gasteiger partial charge in [0.1, 0.15) is 0 Å². The number of hydrogen-bond acceptors (Lipinski definition) is 3. The van der Waals surface area contributed by atoms with Crippen LogP contribution in [0, 0.1) is 12.8 Å². The highest BCUT2D eigenvalue weighted by Crippen LogP contribution is 2.07. The summed E-state index contributed by atoms with van der Waals surface area (Å²) >= 11 is 0. The maximum Gasteiger partial charge on any atom is 0.224 e. The molecule has 3 N–H and O–H groups in total. The van der Waals surface area contributed by atoms with Crippen LogP contribution >= 0.6 is 0 Å². The minimum Gasteiger partial charge on any atom is -0.352 e. The van der Waals surface area contributed by atoms with E-state index in [1.165, 1.54) is 0 Å². The lowest BCUT2D eigenvalue weighted by molar-refractivity contribution is -0.125. The third-order valence-corrected chi connectivity index (χ3v) is 2.88. The largest absolute Gasteiger partial charge is 0.352 e. The summed E-state index contributed by atoms with van der Waals surface area (Å²) in [6.07, 6.45) is 5.36. The summed E-state index contributed by atoms with van der Waals surface area (Å²) in [5, 5.41) is 2.93. The fourth-order valence-electron chi connectivity index (χ4n) is 1.73. The van der Waals surface area contributed by atoms with Crippen molar-refractivity contribution in [1.29, 1.82) is 0 Å². The molecule has 0 saturated heterocycles. The average molecular weight is 235 g/mol. The van der Waals surface area contributed by atoms with Crippen molar-refractivity contribution < 1.29 is 4.79 Å². The van der Waals surface area contributed by atoms with Crippen molar-refractivity contribution in [1.82, 2.24) is 10.3 Å². The highest BCUT2D eigenvalue weighted by atomic mass is 16.1. The molecule has 1 aromatic heterocycles. The number of aryl methyl sites for hydroxylation is 1. The second-order valence-electron chi connectivity index (χ2n) is 4.24. The van der Waals surface area contributed by atoms with Gasteiger partial charge in [-0.2, -0.15) is 0 Å². The Morgan fingerprint density at radius 1 is 1.59 bits per heavy atom. The quantitative estimate of drug-likeness (QED) is 0.782. The molecule has 1 rings (SSSR count). The van der Waals surface area contributed by atoms with Gasteiger partial charge in [-0.1, -0.05) is 13.3 Å². The normalized spacial score (nSPS) is 12.2. The number of amides is 1. The predicted octanol–water partition coefficient (Wildman–Crippen LogP) is 1.38. The van der Waals surface area contributed by atoms with E-state index in [1.807, 2.05) is 13.0 Å². The predicted molar refractivity (Wildman–Crippen MR) is 68.3 cm³/mol. The Bertz CT molecular complexity index is 365. The minimum atomic E-state index is -0.0675. The first kappa shape index (κ1) is 13.6. The summed E-state index contributed by atoms with van der Waals surface area (Å²) in [5.74, 6) is -0.0206. The molecule has 1 atom stereocenters. The molecule has 1 unspecified atom stereocenters. The molecular formula is C13H21N3O. The molecule has 0 saturated carbocycles. The van der Waals surface area contributed by atoms with E-state index in [0.717, 1.165) is 24.0 Å². The Morgan fingerprint density at radius 3 is 2.94 bits per heavy atom. The number of carbonyl (C=O) groups is 1. The van der Waals surface area contributed by atoms with Crippen molar-refractivity contribution in [2.45, 2.75) is 33.2 Å². The number of rotatable bonds is 6. The van der Waals surface area contributed by atoms with Gasteiger partial charge >= 0.3 is 0 Å². The van der Waals surface area contributed by atoms with Crippen molar-refractivity contribution in [3.63, 3.8) is 0 Å². The molecule has 4 nitrogen and oxygen atoms in total. The zero-order chi connectivity index (χ0) is 12.7. The number of nitrogens with zero attached hydrogens (tertiary/aromatic N) is 1. The van der Waals surface area contributed by atoms with E-state index >= 15 is 0 Å². The first-order chi connectivity index (χ1) is 8.19. The molecule has 1 aromatic rings. The number of nitrogens with two attached hydrogens (primary N) is 1. The van der Waals surface area contributed by atoms with E-state index in [4.69, 9.17) is 5.73 Å². The molecule has 1 heterocycles. The van der Waals surface area contributed by atoms with Crippen molar-refractivity contribution in [3.05, 3.63) is 29.6 Å². The van der Waals surface area contributed by atoms with Gasteiger partial charge in [-0.05, 0) is 30.5 Å². The van der Waals surface area contributed by atoms with Crippen LogP contribution in [0.1, 0.15) is 30.9 Å². The maximum absolute atomic E-state index is 11.8. The van der Waals surface area contributed by atoms with E-state index < -0.39 is 0 Å². The number of carbonyl (C=O) groups excluding carboxylic acids is 1. The number of aromatic nitrogens is 1. The van der Waals surface area contributed by atoms with Crippen LogP contribution in [0.25, 0.3) is 0 Å². The highest BCUT2D eigenvalue weighted by molar-refractivity contribution is 5.78. The van der Waals surface area contributed by atoms with Crippen molar-refractivity contribution in [3.8, 4) is 0 Å². The standard InChI is InChI=1S/C13H21N3O/c1-3-4-11(7-14)13(17)16-9-12-5-6-15-8-10(12)2/h5-6,8,11H,3-4,7,9,14H2,1-2H3,(H,16,17). The molecule has 1 amide bonds. The number of nitrogens with one attached hydrogen (secondary N) is 1. The molecule has 0 aliphatic rings. The first-order valence-electron chi connectivity index (χ1n) is 6.06. The third kappa shape index (κ3) is 4.15. The van der Waals surface area contributed by atoms with E-state index in [0.29, 0.717) is 13.1 Å². The Hall–Kier alpha value is -1.42. The van der Waals surface area contributed by atoms with E-state index in [9.17, 15) is 4.79 Å². The molecule has 4 heteroatoms. The topological polar surface area (TPSA) is 68.0 Å². The van der Waals surface area contributed by atoms with Crippen LogP contribution in [-0.2, 0) is 11.3 Å². The monoisotopic (exact) mass is 235 g/mol. The van der Waals surface area contributed by atoms with Gasteiger partial charge in [0.05, 0.1) is 5.92 Å². The summed E-state index contributed by atoms with van der Waals surface area (Å²) in [6.45, 7) is 5.01. The van der Waals surface area contributed by atoms with Crippen molar-refractivity contribution in [2.75, 3.05) is 6.54 Å². The molecule has 0 spiro atoms. The van der Waals surface area contributed by atoms with Gasteiger partial charge in [0.2, 0.25) is 5.91 Å². The molecule has 0 aliphatic heterocycles. The van der Waals surface area contributed by atoms with Gasteiger partial charge in [-0.25, -0.2) is 0 Å². The van der Waals surface area contributed by atoms with Gasteiger partial charge in [0.25, 0.3) is 0 Å². The average Bonchev–Trinajstić information content (AvgIpc) is 2.34. The van der Waals surface area contributed by atoms with Gasteiger partial charge in [-0.15, -0.1) is 0 Å². The second-order valence-corrected chi connectivity index (χ2v) is 4.24. The Labute approximate surface area is 103 Å². The van der Waals surface area contributed by atoms with Crippen LogP contribution in [-0.4, -0.2) is 17.4 Å². The van der Waals surface area contributed by atoms with Crippen LogP contribution < -0.4 is 11.1 Å². The Morgan fingerprint density at radius 2 is 2.35 bits per heavy atom. The molecule has 0 aromatic carbocycles. The Kier molecular flexibility index (Phi) is 5.63. The van der Waals surface area contributed by atoms with Gasteiger partial charge in [-0.3, -0.25) is 9.78 Å². The van der Waals surface area contributed by atoms with Crippen LogP contribution in [0.5, 0.6) is 0 Å². The molecule has 0 aliphatic carbocycles. The zero-order valence-corrected chi connectivity index (χ0v) is 10.6. The lowest BCUT2D eigenvalue weighted by Crippen LogP contribution is -2.34. The maximum atomic E-state index is 11.8. The SMILES string of the molecule is CCCC(CN)C(=O)NCc1ccncc1C. The first-order valence-corrected chi connectivity index (χ1v) is 6.06. The second kappa shape index (κ2) is 7.01. The summed E-state index contributed by atoms with van der Waals surface area (Å²) in [4.78, 5) is 15.9. The molecule has 94 valence electrons. The third-order valence-electron chi connectivity index (χ3n) is 2.88. The molecule has 0 radical (unpaired) electrons. The highest BCUT2D eigenvalue weighted by Gasteiger charge is 2.15. The summed E-state index contributed by atoms with van der Waals surface area (Å²) < 4.78 is 0. The smallest absolute Gasteiger partial charge is 0.224 e. The van der Waals surface area contributed by atoms with Crippen LogP contribution in [0.4, 0.5) is 0 Å². The lowest BCUT2D eigenvalue weighted by Gasteiger charge is -2.14. The minimum absolute atomic E-state index is 0.0468.